The Morgan fingerprint density at radius 1 is 1.03 bits per heavy atom. The highest BCUT2D eigenvalue weighted by Gasteiger charge is 2.24. The normalized spacial score (nSPS) is 12.7. The van der Waals surface area contributed by atoms with Crippen molar-refractivity contribution in [1.29, 1.82) is 0 Å². The maximum atomic E-state index is 13.4. The molecule has 0 atom stereocenters. The number of aromatic nitrogens is 1. The lowest BCUT2D eigenvalue weighted by Gasteiger charge is -2.10. The molecule has 0 aliphatic heterocycles. The average Bonchev–Trinajstić information content (AvgIpc) is 3.64. The highest BCUT2D eigenvalue weighted by molar-refractivity contribution is 7.18. The largest absolute Gasteiger partial charge is 0.497 e. The van der Waals surface area contributed by atoms with E-state index >= 15 is 0 Å². The van der Waals surface area contributed by atoms with Crippen molar-refractivity contribution in [3.05, 3.63) is 94.4 Å². The molecule has 1 fully saturated rings. The van der Waals surface area contributed by atoms with E-state index in [9.17, 15) is 9.59 Å². The zero-order chi connectivity index (χ0) is 25.8. The van der Waals surface area contributed by atoms with Crippen molar-refractivity contribution in [2.75, 3.05) is 12.4 Å². The Kier molecular flexibility index (Phi) is 7.32. The molecule has 5 rings (SSSR count). The monoisotopic (exact) mass is 511 g/mol. The van der Waals surface area contributed by atoms with Crippen LogP contribution in [0.3, 0.4) is 0 Å². The molecular weight excluding hydrogens is 482 g/mol. The van der Waals surface area contributed by atoms with Crippen LogP contribution in [0.1, 0.15) is 50.4 Å². The molecule has 0 unspecified atom stereocenters. The zero-order valence-corrected chi connectivity index (χ0v) is 21.7. The summed E-state index contributed by atoms with van der Waals surface area (Å²) in [6.45, 7) is 1.98. The molecule has 6 nitrogen and oxygen atoms in total. The Hall–Kier alpha value is -3.97. The van der Waals surface area contributed by atoms with Crippen LogP contribution in [0.15, 0.2) is 72.8 Å². The summed E-state index contributed by atoms with van der Waals surface area (Å²) >= 11 is 1.34. The number of amides is 1. The number of nitrogens with one attached hydrogen (secondary N) is 2. The highest BCUT2D eigenvalue weighted by Crippen LogP contribution is 2.36. The SMILES string of the molecule is COc1cccc(-c2nc(Nc3cc(C(=O)NC4CC4)ccc3C)sc2C(=O)CCc2ccccc2)c1. The van der Waals surface area contributed by atoms with Crippen molar-refractivity contribution in [1.82, 2.24) is 10.3 Å². The molecule has 1 aliphatic rings. The Morgan fingerprint density at radius 2 is 1.84 bits per heavy atom. The summed E-state index contributed by atoms with van der Waals surface area (Å²) in [4.78, 5) is 31.4. The molecule has 1 heterocycles. The third-order valence-electron chi connectivity index (χ3n) is 6.36. The Balaban J connectivity index is 1.44. The second kappa shape index (κ2) is 11.0. The van der Waals surface area contributed by atoms with Gasteiger partial charge in [-0.25, -0.2) is 4.98 Å². The van der Waals surface area contributed by atoms with Crippen LogP contribution in [0.5, 0.6) is 5.75 Å². The summed E-state index contributed by atoms with van der Waals surface area (Å²) < 4.78 is 5.40. The van der Waals surface area contributed by atoms with Gasteiger partial charge in [0.2, 0.25) is 0 Å². The number of aryl methyl sites for hydroxylation is 2. The van der Waals surface area contributed by atoms with E-state index in [4.69, 9.17) is 9.72 Å². The van der Waals surface area contributed by atoms with Crippen LogP contribution in [0, 0.1) is 6.92 Å². The van der Waals surface area contributed by atoms with Gasteiger partial charge in [0.25, 0.3) is 5.91 Å². The van der Waals surface area contributed by atoms with E-state index in [1.54, 1.807) is 7.11 Å². The minimum absolute atomic E-state index is 0.0431. The van der Waals surface area contributed by atoms with Gasteiger partial charge in [-0.3, -0.25) is 9.59 Å². The van der Waals surface area contributed by atoms with E-state index in [0.29, 0.717) is 45.9 Å². The molecule has 0 radical (unpaired) electrons. The van der Waals surface area contributed by atoms with Crippen LogP contribution in [0.25, 0.3) is 11.3 Å². The molecule has 1 aromatic heterocycles. The molecular formula is C30H29N3O3S. The van der Waals surface area contributed by atoms with Gasteiger partial charge in [-0.1, -0.05) is 59.9 Å². The summed E-state index contributed by atoms with van der Waals surface area (Å²) in [6.07, 6.45) is 3.12. The van der Waals surface area contributed by atoms with Gasteiger partial charge in [-0.15, -0.1) is 0 Å². The first-order valence-corrected chi connectivity index (χ1v) is 13.2. The lowest BCUT2D eigenvalue weighted by atomic mass is 10.0. The number of ketones is 1. The molecule has 4 aromatic rings. The standard InChI is InChI=1S/C30H29N3O3S/c1-19-11-13-22(29(35)31-23-14-15-23)18-25(19)32-30-33-27(21-9-6-10-24(17-21)36-2)28(37-30)26(34)16-12-20-7-4-3-5-8-20/h3-11,13,17-18,23H,12,14-16H2,1-2H3,(H,31,35)(H,32,33). The quantitative estimate of drug-likeness (QED) is 0.235. The van der Waals surface area contributed by atoms with E-state index in [1.165, 1.54) is 11.3 Å². The molecule has 3 aromatic carbocycles. The van der Waals surface area contributed by atoms with Crippen molar-refractivity contribution >= 4 is 33.8 Å². The number of thiazole rings is 1. The van der Waals surface area contributed by atoms with Crippen LogP contribution < -0.4 is 15.4 Å². The predicted octanol–water partition coefficient (Wildman–Crippen LogP) is 6.58. The molecule has 0 spiro atoms. The maximum absolute atomic E-state index is 13.4. The summed E-state index contributed by atoms with van der Waals surface area (Å²) in [7, 11) is 1.62. The van der Waals surface area contributed by atoms with Gasteiger partial charge >= 0.3 is 0 Å². The van der Waals surface area contributed by atoms with Crippen molar-refractivity contribution in [2.24, 2.45) is 0 Å². The number of carbonyl (C=O) groups is 2. The Labute approximate surface area is 220 Å². The van der Waals surface area contributed by atoms with Gasteiger partial charge in [0.15, 0.2) is 10.9 Å². The Bertz CT molecular complexity index is 1430. The van der Waals surface area contributed by atoms with E-state index in [1.807, 2.05) is 79.7 Å². The fourth-order valence-electron chi connectivity index (χ4n) is 4.05. The topological polar surface area (TPSA) is 80.3 Å². The molecule has 188 valence electrons. The number of anilines is 2. The lowest BCUT2D eigenvalue weighted by molar-refractivity contribution is 0.0949. The van der Waals surface area contributed by atoms with Gasteiger partial charge in [0, 0.05) is 29.3 Å². The van der Waals surface area contributed by atoms with E-state index in [0.717, 1.165) is 35.2 Å². The number of hydrogen-bond acceptors (Lipinski definition) is 6. The van der Waals surface area contributed by atoms with Gasteiger partial charge in [0.05, 0.1) is 12.8 Å². The van der Waals surface area contributed by atoms with Crippen molar-refractivity contribution in [2.45, 2.75) is 38.6 Å². The summed E-state index contributed by atoms with van der Waals surface area (Å²) in [5, 5.41) is 7.00. The van der Waals surface area contributed by atoms with Crippen LogP contribution in [-0.2, 0) is 6.42 Å². The fourth-order valence-corrected chi connectivity index (χ4v) is 5.02. The smallest absolute Gasteiger partial charge is 0.251 e. The first-order chi connectivity index (χ1) is 18.0. The zero-order valence-electron chi connectivity index (χ0n) is 20.9. The number of benzene rings is 3. The number of methoxy groups -OCH3 is 1. The molecule has 1 aliphatic carbocycles. The van der Waals surface area contributed by atoms with Crippen LogP contribution in [0.4, 0.5) is 10.8 Å². The molecule has 2 N–H and O–H groups in total. The van der Waals surface area contributed by atoms with Crippen molar-refractivity contribution in [3.8, 4) is 17.0 Å². The van der Waals surface area contributed by atoms with Gasteiger partial charge < -0.3 is 15.4 Å². The molecule has 1 amide bonds. The highest BCUT2D eigenvalue weighted by atomic mass is 32.1. The number of ether oxygens (including phenoxy) is 1. The summed E-state index contributed by atoms with van der Waals surface area (Å²) in [5.41, 5.74) is 4.95. The van der Waals surface area contributed by atoms with Crippen molar-refractivity contribution in [3.63, 3.8) is 0 Å². The first kappa shape index (κ1) is 24.7. The summed E-state index contributed by atoms with van der Waals surface area (Å²) in [5.74, 6) is 0.674. The number of Topliss-reactive ketones (excluding diaryl/α,β-unsaturated/α-hetero) is 1. The van der Waals surface area contributed by atoms with Crippen LogP contribution >= 0.6 is 11.3 Å². The maximum Gasteiger partial charge on any atom is 0.251 e. The Morgan fingerprint density at radius 3 is 2.59 bits per heavy atom. The average molecular weight is 512 g/mol. The van der Waals surface area contributed by atoms with Crippen LogP contribution in [-0.4, -0.2) is 29.8 Å². The number of carbonyl (C=O) groups excluding carboxylic acids is 2. The third kappa shape index (κ3) is 6.06. The minimum atomic E-state index is -0.0708. The van der Waals surface area contributed by atoms with Crippen LogP contribution in [0.2, 0.25) is 0 Å². The second-order valence-corrected chi connectivity index (χ2v) is 10.2. The first-order valence-electron chi connectivity index (χ1n) is 12.4. The molecule has 0 bridgehead atoms. The predicted molar refractivity (Wildman–Crippen MR) is 148 cm³/mol. The third-order valence-corrected chi connectivity index (χ3v) is 7.37. The number of rotatable bonds is 10. The molecule has 1 saturated carbocycles. The fraction of sp³-hybridized carbons (Fsp3) is 0.233. The molecule has 37 heavy (non-hydrogen) atoms. The van der Waals surface area contributed by atoms with Gasteiger partial charge in [-0.2, -0.15) is 0 Å². The van der Waals surface area contributed by atoms with Gasteiger partial charge in [0.1, 0.15) is 10.6 Å². The van der Waals surface area contributed by atoms with Crippen molar-refractivity contribution < 1.29 is 14.3 Å². The number of nitrogens with zero attached hydrogens (tertiary/aromatic N) is 1. The lowest BCUT2D eigenvalue weighted by Crippen LogP contribution is -2.25. The van der Waals surface area contributed by atoms with E-state index < -0.39 is 0 Å². The second-order valence-electron chi connectivity index (χ2n) is 9.24. The van der Waals surface area contributed by atoms with E-state index in [-0.39, 0.29) is 11.7 Å². The van der Waals surface area contributed by atoms with E-state index in [2.05, 4.69) is 10.6 Å². The van der Waals surface area contributed by atoms with Gasteiger partial charge in [-0.05, 0) is 61.6 Å². The molecule has 0 saturated heterocycles. The number of hydrogen-bond donors (Lipinski definition) is 2. The molecule has 7 heteroatoms. The summed E-state index contributed by atoms with van der Waals surface area (Å²) in [6, 6.07) is 23.5. The minimum Gasteiger partial charge on any atom is -0.497 e.